The quantitative estimate of drug-likeness (QED) is 0.283. The Kier molecular flexibility index (Phi) is 8.82. The maximum absolute atomic E-state index is 14.0. The molecule has 2 fully saturated rings. The Hall–Kier alpha value is -5.07. The summed E-state index contributed by atoms with van der Waals surface area (Å²) in [5, 5.41) is 12.4. The van der Waals surface area contributed by atoms with Crippen molar-refractivity contribution in [3.63, 3.8) is 0 Å². The van der Waals surface area contributed by atoms with E-state index in [1.54, 1.807) is 42.6 Å². The average Bonchev–Trinajstić information content (AvgIpc) is 3.64. The van der Waals surface area contributed by atoms with E-state index in [4.69, 9.17) is 4.74 Å². The molecule has 2 saturated heterocycles. The van der Waals surface area contributed by atoms with E-state index in [0.717, 1.165) is 11.1 Å². The van der Waals surface area contributed by atoms with Gasteiger partial charge in [0, 0.05) is 25.4 Å². The normalized spacial score (nSPS) is 18.6. The smallest absolute Gasteiger partial charge is 0.413 e. The molecule has 4 aromatic rings. The number of aromatic nitrogens is 1. The lowest BCUT2D eigenvalue weighted by Crippen LogP contribution is -2.53. The Balaban J connectivity index is 1.18. The lowest BCUT2D eigenvalue weighted by Gasteiger charge is -2.28. The SMILES string of the molecule is O=C(NC(Cc1ccc(O)cc1)C(=O)N1CCC2C1C(=O)CN2S(=O)(=O)Cc1cccnc1)Oc1ccc(-c2ccccc2)cc1. The van der Waals surface area contributed by atoms with E-state index in [2.05, 4.69) is 10.3 Å². The second-order valence-corrected chi connectivity index (χ2v) is 13.2. The molecule has 12 heteroatoms. The van der Waals surface area contributed by atoms with Gasteiger partial charge in [-0.25, -0.2) is 13.2 Å². The molecule has 2 amide bonds. The molecule has 0 saturated carbocycles. The molecular formula is C34H32N4O7S. The summed E-state index contributed by atoms with van der Waals surface area (Å²) < 4.78 is 33.4. The Morgan fingerprint density at radius 3 is 2.35 bits per heavy atom. The van der Waals surface area contributed by atoms with Crippen LogP contribution >= 0.6 is 0 Å². The van der Waals surface area contributed by atoms with Gasteiger partial charge in [0.25, 0.3) is 0 Å². The summed E-state index contributed by atoms with van der Waals surface area (Å²) in [6, 6.07) is 23.4. The van der Waals surface area contributed by atoms with Crippen molar-refractivity contribution in [2.24, 2.45) is 0 Å². The van der Waals surface area contributed by atoms with Crippen molar-refractivity contribution in [2.75, 3.05) is 13.1 Å². The first-order valence-corrected chi connectivity index (χ1v) is 16.4. The number of likely N-dealkylation sites (tertiary alicyclic amines) is 1. The third kappa shape index (κ3) is 6.77. The van der Waals surface area contributed by atoms with Gasteiger partial charge in [-0.05, 0) is 59.0 Å². The van der Waals surface area contributed by atoms with Crippen LogP contribution in [0.2, 0.25) is 0 Å². The van der Waals surface area contributed by atoms with Crippen LogP contribution in [0.1, 0.15) is 17.5 Å². The number of phenolic OH excluding ortho intramolecular Hbond substituents is 1. The van der Waals surface area contributed by atoms with Gasteiger partial charge in [0.15, 0.2) is 5.78 Å². The molecule has 0 spiro atoms. The number of ketones is 1. The number of carbonyl (C=O) groups is 3. The van der Waals surface area contributed by atoms with Crippen molar-refractivity contribution < 1.29 is 32.6 Å². The van der Waals surface area contributed by atoms with Crippen LogP contribution in [0.25, 0.3) is 11.1 Å². The zero-order valence-electron chi connectivity index (χ0n) is 24.7. The molecule has 0 aliphatic carbocycles. The molecule has 11 nitrogen and oxygen atoms in total. The number of aromatic hydroxyl groups is 1. The van der Waals surface area contributed by atoms with Gasteiger partial charge in [0.05, 0.1) is 18.3 Å². The number of rotatable bonds is 9. The summed E-state index contributed by atoms with van der Waals surface area (Å²) in [5.74, 6) is -0.903. The van der Waals surface area contributed by atoms with Crippen molar-refractivity contribution in [1.82, 2.24) is 19.5 Å². The fourth-order valence-electron chi connectivity index (χ4n) is 6.05. The number of pyridine rings is 1. The van der Waals surface area contributed by atoms with Gasteiger partial charge in [-0.1, -0.05) is 60.7 Å². The van der Waals surface area contributed by atoms with Gasteiger partial charge >= 0.3 is 6.09 Å². The number of amides is 2. The molecule has 46 heavy (non-hydrogen) atoms. The van der Waals surface area contributed by atoms with Crippen LogP contribution in [0.5, 0.6) is 11.5 Å². The highest BCUT2D eigenvalue weighted by Gasteiger charge is 2.54. The Morgan fingerprint density at radius 1 is 0.935 bits per heavy atom. The monoisotopic (exact) mass is 640 g/mol. The molecule has 0 radical (unpaired) electrons. The zero-order valence-corrected chi connectivity index (χ0v) is 25.5. The van der Waals surface area contributed by atoms with E-state index in [1.807, 2.05) is 42.5 Å². The topological polar surface area (TPSA) is 146 Å². The lowest BCUT2D eigenvalue weighted by molar-refractivity contribution is -0.138. The molecule has 3 aromatic carbocycles. The number of Topliss-reactive ketones (excluding diaryl/α,β-unsaturated/α-hetero) is 1. The number of nitrogens with zero attached hydrogens (tertiary/aromatic N) is 3. The summed E-state index contributed by atoms with van der Waals surface area (Å²) >= 11 is 0. The summed E-state index contributed by atoms with van der Waals surface area (Å²) in [4.78, 5) is 45.7. The molecular weight excluding hydrogens is 608 g/mol. The van der Waals surface area contributed by atoms with Crippen LogP contribution in [0.3, 0.4) is 0 Å². The van der Waals surface area contributed by atoms with Gasteiger partial charge < -0.3 is 20.1 Å². The van der Waals surface area contributed by atoms with Crippen molar-refractivity contribution in [2.45, 2.75) is 36.7 Å². The van der Waals surface area contributed by atoms with E-state index < -0.39 is 40.1 Å². The second-order valence-electron chi connectivity index (χ2n) is 11.3. The van der Waals surface area contributed by atoms with E-state index in [-0.39, 0.29) is 49.0 Å². The standard InChI is InChI=1S/C34H32N4O7S/c39-27-12-8-23(9-13-27)19-29(36-34(42)45-28-14-10-26(11-15-28)25-6-2-1-3-7-25)33(41)37-18-16-30-32(37)31(40)21-38(30)46(43,44)22-24-5-4-17-35-20-24/h1-15,17,20,29-30,32,39H,16,18-19,21-22H2,(H,36,42). The minimum atomic E-state index is -3.88. The minimum Gasteiger partial charge on any atom is -0.508 e. The average molecular weight is 641 g/mol. The van der Waals surface area contributed by atoms with E-state index in [0.29, 0.717) is 11.1 Å². The fraction of sp³-hybridized carbons (Fsp3) is 0.235. The summed E-state index contributed by atoms with van der Waals surface area (Å²) in [6.45, 7) is -0.193. The van der Waals surface area contributed by atoms with Crippen LogP contribution in [0, 0.1) is 0 Å². The predicted molar refractivity (Wildman–Crippen MR) is 169 cm³/mol. The summed E-state index contributed by atoms with van der Waals surface area (Å²) in [7, 11) is -3.88. The molecule has 0 bridgehead atoms. The van der Waals surface area contributed by atoms with Gasteiger partial charge in [-0.2, -0.15) is 4.31 Å². The third-order valence-electron chi connectivity index (χ3n) is 8.23. The molecule has 3 heterocycles. The summed E-state index contributed by atoms with van der Waals surface area (Å²) in [5.41, 5.74) is 3.09. The third-order valence-corrected chi connectivity index (χ3v) is 10.0. The first kappa shape index (κ1) is 30.9. The van der Waals surface area contributed by atoms with Crippen LogP contribution < -0.4 is 10.1 Å². The van der Waals surface area contributed by atoms with Crippen LogP contribution in [-0.2, 0) is 31.8 Å². The molecule has 2 aliphatic heterocycles. The first-order valence-electron chi connectivity index (χ1n) is 14.8. The van der Waals surface area contributed by atoms with E-state index in [9.17, 15) is 27.9 Å². The van der Waals surface area contributed by atoms with Crippen molar-refractivity contribution >= 4 is 27.8 Å². The molecule has 3 atom stereocenters. The zero-order chi connectivity index (χ0) is 32.3. The maximum atomic E-state index is 14.0. The minimum absolute atomic E-state index is 0.0458. The summed E-state index contributed by atoms with van der Waals surface area (Å²) in [6.07, 6.45) is 2.48. The number of nitrogens with one attached hydrogen (secondary N) is 1. The molecule has 2 aliphatic rings. The number of ether oxygens (including phenoxy) is 1. The highest BCUT2D eigenvalue weighted by atomic mass is 32.2. The number of hydrogen-bond acceptors (Lipinski definition) is 8. The van der Waals surface area contributed by atoms with Crippen molar-refractivity contribution in [3.05, 3.63) is 115 Å². The van der Waals surface area contributed by atoms with E-state index >= 15 is 0 Å². The van der Waals surface area contributed by atoms with Crippen LogP contribution in [0.15, 0.2) is 103 Å². The molecule has 6 rings (SSSR count). The molecule has 2 N–H and O–H groups in total. The first-order chi connectivity index (χ1) is 22.2. The Labute approximate surface area is 266 Å². The predicted octanol–water partition coefficient (Wildman–Crippen LogP) is 3.54. The van der Waals surface area contributed by atoms with Crippen molar-refractivity contribution in [1.29, 1.82) is 0 Å². The number of fused-ring (bicyclic) bond motifs is 1. The largest absolute Gasteiger partial charge is 0.508 e. The Morgan fingerprint density at radius 2 is 1.65 bits per heavy atom. The number of carbonyl (C=O) groups excluding carboxylic acids is 3. The van der Waals surface area contributed by atoms with Gasteiger partial charge in [0.1, 0.15) is 23.6 Å². The van der Waals surface area contributed by atoms with Gasteiger partial charge in [0.2, 0.25) is 15.9 Å². The fourth-order valence-corrected chi connectivity index (χ4v) is 7.77. The Bertz CT molecular complexity index is 1820. The van der Waals surface area contributed by atoms with Crippen LogP contribution in [0.4, 0.5) is 4.79 Å². The van der Waals surface area contributed by atoms with Crippen molar-refractivity contribution in [3.8, 4) is 22.6 Å². The highest BCUT2D eigenvalue weighted by molar-refractivity contribution is 7.88. The van der Waals surface area contributed by atoms with Gasteiger partial charge in [-0.3, -0.25) is 14.6 Å². The van der Waals surface area contributed by atoms with Gasteiger partial charge in [-0.15, -0.1) is 0 Å². The highest BCUT2D eigenvalue weighted by Crippen LogP contribution is 2.33. The second kappa shape index (κ2) is 13.1. The number of phenols is 1. The molecule has 3 unspecified atom stereocenters. The lowest BCUT2D eigenvalue weighted by atomic mass is 10.0. The molecule has 236 valence electrons. The number of sulfonamides is 1. The van der Waals surface area contributed by atoms with Crippen LogP contribution in [-0.4, -0.2) is 76.7 Å². The van der Waals surface area contributed by atoms with E-state index in [1.165, 1.54) is 27.5 Å². The molecule has 1 aromatic heterocycles. The maximum Gasteiger partial charge on any atom is 0.413 e. The number of hydrogen-bond donors (Lipinski definition) is 2. The number of benzene rings is 3.